The van der Waals surface area contributed by atoms with Crippen LogP contribution < -0.4 is 15.5 Å². The first kappa shape index (κ1) is 20.2. The number of carbonyl (C=O) groups is 2. The van der Waals surface area contributed by atoms with E-state index in [4.69, 9.17) is 15.6 Å². The Balaban J connectivity index is 0.00000320. The van der Waals surface area contributed by atoms with Gasteiger partial charge in [0.1, 0.15) is 17.6 Å². The van der Waals surface area contributed by atoms with Crippen molar-refractivity contribution in [3.63, 3.8) is 0 Å². The smallest absolute Gasteiger partial charge is 0.414 e. The molecule has 1 unspecified atom stereocenters. The summed E-state index contributed by atoms with van der Waals surface area (Å²) in [5, 5.41) is 8.60. The first-order valence-electron chi connectivity index (χ1n) is 8.55. The number of amides is 1. The predicted molar refractivity (Wildman–Crippen MR) is 100 cm³/mol. The van der Waals surface area contributed by atoms with E-state index in [1.165, 1.54) is 6.20 Å². The van der Waals surface area contributed by atoms with Gasteiger partial charge in [-0.25, -0.2) is 18.0 Å². The Labute approximate surface area is 164 Å². The summed E-state index contributed by atoms with van der Waals surface area (Å²) in [7, 11) is 0. The van der Waals surface area contributed by atoms with Gasteiger partial charge in [-0.3, -0.25) is 14.7 Å². The van der Waals surface area contributed by atoms with Crippen LogP contribution in [-0.4, -0.2) is 48.6 Å². The van der Waals surface area contributed by atoms with Gasteiger partial charge >= 0.3 is 6.09 Å². The fourth-order valence-electron chi connectivity index (χ4n) is 2.93. The van der Waals surface area contributed by atoms with Crippen molar-refractivity contribution in [2.75, 3.05) is 29.4 Å². The lowest BCUT2D eigenvalue weighted by Crippen LogP contribution is -2.29. The molecule has 1 atom stereocenters. The number of nitrogens with two attached hydrogens (primary N) is 1. The van der Waals surface area contributed by atoms with Gasteiger partial charge in [0.25, 0.3) is 0 Å². The predicted octanol–water partition coefficient (Wildman–Crippen LogP) is 2.40. The average molecular weight is 412 g/mol. The number of nitrogens with zero attached hydrogens (tertiary/aromatic N) is 3. The molecule has 2 aliphatic rings. The Bertz CT molecular complexity index is 938. The second-order valence-corrected chi connectivity index (χ2v) is 6.28. The van der Waals surface area contributed by atoms with Gasteiger partial charge in [0.15, 0.2) is 23.2 Å². The summed E-state index contributed by atoms with van der Waals surface area (Å²) in [6.07, 6.45) is 2.34. The van der Waals surface area contributed by atoms with Crippen LogP contribution in [0.25, 0.3) is 0 Å². The summed E-state index contributed by atoms with van der Waals surface area (Å²) in [6.45, 7) is -0.293. The molecule has 3 rings (SSSR count). The fraction of sp³-hybridized carbons (Fsp3) is 0.278. The van der Waals surface area contributed by atoms with Gasteiger partial charge < -0.3 is 20.5 Å². The number of allylic oxidation sites excluding steroid dienone is 1. The van der Waals surface area contributed by atoms with Gasteiger partial charge in [-0.1, -0.05) is 0 Å². The molecule has 1 aromatic rings. The van der Waals surface area contributed by atoms with Gasteiger partial charge in [-0.05, 0) is 6.08 Å². The highest BCUT2D eigenvalue weighted by Crippen LogP contribution is 2.35. The Kier molecular flexibility index (Phi) is 5.76. The van der Waals surface area contributed by atoms with E-state index in [1.54, 1.807) is 0 Å². The number of hydrogen-bond donors (Lipinski definition) is 2. The van der Waals surface area contributed by atoms with Crippen LogP contribution in [0.5, 0.6) is 0 Å². The molecule has 1 amide bonds. The molecule has 8 nitrogen and oxygen atoms in total. The first-order chi connectivity index (χ1) is 13.8. The van der Waals surface area contributed by atoms with Gasteiger partial charge in [0, 0.05) is 32.7 Å². The number of ether oxygens (including phenoxy) is 1. The van der Waals surface area contributed by atoms with E-state index in [0.29, 0.717) is 12.3 Å². The number of benzene rings is 1. The molecule has 29 heavy (non-hydrogen) atoms. The Morgan fingerprint density at radius 1 is 1.38 bits per heavy atom. The van der Waals surface area contributed by atoms with E-state index in [-0.39, 0.29) is 39.1 Å². The Morgan fingerprint density at radius 3 is 2.79 bits per heavy atom. The lowest BCUT2D eigenvalue weighted by molar-refractivity contribution is -0.114. The van der Waals surface area contributed by atoms with Crippen molar-refractivity contribution in [2.45, 2.75) is 12.5 Å². The van der Waals surface area contributed by atoms with Gasteiger partial charge in [-0.2, -0.15) is 0 Å². The van der Waals surface area contributed by atoms with Crippen molar-refractivity contribution in [3.05, 3.63) is 48.1 Å². The highest BCUT2D eigenvalue weighted by Gasteiger charge is 2.36. The molecular weight excluding hydrogens is 393 g/mol. The maximum atomic E-state index is 14.6. The number of ketones is 1. The minimum Gasteiger partial charge on any atom is -0.515 e. The SMILES string of the molecule is NC(/C=C\O)=NCC1CN(c2cc(F)c(N3C=CC(=O)CC3)c(F)c2F)C(=O)O1.[HH]. The Morgan fingerprint density at radius 2 is 2.14 bits per heavy atom. The summed E-state index contributed by atoms with van der Waals surface area (Å²) in [4.78, 5) is 29.0. The van der Waals surface area contributed by atoms with Crippen LogP contribution in [-0.2, 0) is 9.53 Å². The average Bonchev–Trinajstić information content (AvgIpc) is 3.05. The molecule has 0 saturated carbocycles. The lowest BCUT2D eigenvalue weighted by atomic mass is 10.1. The van der Waals surface area contributed by atoms with Crippen molar-refractivity contribution < 1.29 is 34.0 Å². The van der Waals surface area contributed by atoms with Crippen LogP contribution >= 0.6 is 0 Å². The molecule has 0 spiro atoms. The maximum Gasteiger partial charge on any atom is 0.414 e. The zero-order chi connectivity index (χ0) is 21.1. The minimum absolute atomic E-state index is 0. The summed E-state index contributed by atoms with van der Waals surface area (Å²) < 4.78 is 48.8. The second-order valence-electron chi connectivity index (χ2n) is 6.28. The number of aliphatic hydroxyl groups excluding tert-OH is 1. The molecular formula is C18H19F3N4O4. The number of rotatable bonds is 5. The highest BCUT2D eigenvalue weighted by molar-refractivity contribution is 5.93. The van der Waals surface area contributed by atoms with Gasteiger partial charge in [-0.15, -0.1) is 0 Å². The number of cyclic esters (lactones) is 1. The molecule has 2 heterocycles. The molecule has 2 aliphatic heterocycles. The molecule has 156 valence electrons. The zero-order valence-electron chi connectivity index (χ0n) is 15.0. The number of aliphatic hydroxyl groups is 1. The molecule has 0 radical (unpaired) electrons. The van der Waals surface area contributed by atoms with E-state index in [2.05, 4.69) is 4.99 Å². The summed E-state index contributed by atoms with van der Waals surface area (Å²) in [6, 6.07) is 0.702. The third-order valence-electron chi connectivity index (χ3n) is 4.33. The summed E-state index contributed by atoms with van der Waals surface area (Å²) in [5.41, 5.74) is 4.20. The third-order valence-corrected chi connectivity index (χ3v) is 4.33. The monoisotopic (exact) mass is 412 g/mol. The molecule has 0 aliphatic carbocycles. The van der Waals surface area contributed by atoms with Crippen molar-refractivity contribution in [1.29, 1.82) is 0 Å². The largest absolute Gasteiger partial charge is 0.515 e. The fourth-order valence-corrected chi connectivity index (χ4v) is 2.93. The number of carbonyl (C=O) groups excluding carboxylic acids is 2. The van der Waals surface area contributed by atoms with Crippen molar-refractivity contribution in [1.82, 2.24) is 0 Å². The van der Waals surface area contributed by atoms with Gasteiger partial charge in [0.05, 0.1) is 25.0 Å². The maximum absolute atomic E-state index is 14.6. The van der Waals surface area contributed by atoms with Gasteiger partial charge in [0.2, 0.25) is 0 Å². The van der Waals surface area contributed by atoms with Crippen LogP contribution in [0.1, 0.15) is 7.85 Å². The number of amidine groups is 1. The van der Waals surface area contributed by atoms with E-state index in [9.17, 15) is 22.8 Å². The van der Waals surface area contributed by atoms with Crippen LogP contribution in [0, 0.1) is 17.5 Å². The number of halogens is 3. The van der Waals surface area contributed by atoms with E-state index in [0.717, 1.165) is 22.0 Å². The normalized spacial score (nSPS) is 20.1. The molecule has 11 heteroatoms. The Hall–Kier alpha value is -3.50. The molecule has 0 aromatic heterocycles. The quantitative estimate of drug-likeness (QED) is 0.333. The third kappa shape index (κ3) is 4.18. The van der Waals surface area contributed by atoms with Crippen LogP contribution in [0.15, 0.2) is 35.7 Å². The van der Waals surface area contributed by atoms with E-state index >= 15 is 0 Å². The summed E-state index contributed by atoms with van der Waals surface area (Å²) in [5.74, 6) is -4.23. The molecule has 3 N–H and O–H groups in total. The molecule has 1 saturated heterocycles. The van der Waals surface area contributed by atoms with Crippen LogP contribution in [0.3, 0.4) is 0 Å². The van der Waals surface area contributed by atoms with Crippen molar-refractivity contribution in [2.24, 2.45) is 10.7 Å². The minimum atomic E-state index is -1.48. The van der Waals surface area contributed by atoms with E-state index < -0.39 is 41.0 Å². The number of hydrogen-bond acceptors (Lipinski definition) is 6. The summed E-state index contributed by atoms with van der Waals surface area (Å²) >= 11 is 0. The van der Waals surface area contributed by atoms with Crippen LogP contribution in [0.2, 0.25) is 0 Å². The highest BCUT2D eigenvalue weighted by atomic mass is 19.2. The van der Waals surface area contributed by atoms with E-state index in [1.807, 2.05) is 0 Å². The topological polar surface area (TPSA) is 108 Å². The first-order valence-corrected chi connectivity index (χ1v) is 8.55. The lowest BCUT2D eigenvalue weighted by Gasteiger charge is -2.25. The molecule has 0 bridgehead atoms. The number of aliphatic imine (C=N–C) groups is 1. The molecule has 1 aromatic carbocycles. The number of anilines is 2. The van der Waals surface area contributed by atoms with Crippen LogP contribution in [0.4, 0.5) is 29.3 Å². The van der Waals surface area contributed by atoms with Crippen molar-refractivity contribution in [3.8, 4) is 0 Å². The zero-order valence-corrected chi connectivity index (χ0v) is 15.0. The van der Waals surface area contributed by atoms with Crippen molar-refractivity contribution >= 4 is 29.1 Å². The molecule has 1 fully saturated rings. The second kappa shape index (κ2) is 8.25. The standard InChI is InChI=1S/C18H17F3N4O4.H2/c19-12-7-13(15(20)16(21)17(12)24-4-1-10(27)2-5-24)25-9-11(29-18(25)28)8-23-14(22)3-6-26;/h1,3-4,6-7,11,26H,2,5,8-9H2,(H2,22,23);1H/b6-3-;.